The molecule has 0 N–H and O–H groups in total. The molecule has 0 bridgehead atoms. The minimum Gasteiger partial charge on any atom is -0.278 e. The maximum atomic E-state index is 12.0. The van der Waals surface area contributed by atoms with E-state index in [-0.39, 0.29) is 0 Å². The molecular formula is C6F5-. The number of halogens is 5. The zero-order valence-corrected chi connectivity index (χ0v) is 4.89. The van der Waals surface area contributed by atoms with E-state index in [9.17, 15) is 22.0 Å². The predicted octanol–water partition coefficient (Wildman–Crippen LogP) is 2.18. The van der Waals surface area contributed by atoms with Crippen LogP contribution in [-0.2, 0) is 0 Å². The Bertz CT molecular complexity index is 267. The van der Waals surface area contributed by atoms with Crippen molar-refractivity contribution >= 4 is 0 Å². The van der Waals surface area contributed by atoms with Crippen LogP contribution in [0, 0.1) is 35.2 Å². The van der Waals surface area contributed by atoms with Crippen molar-refractivity contribution in [3.05, 3.63) is 35.2 Å². The zero-order chi connectivity index (χ0) is 8.59. The van der Waals surface area contributed by atoms with Crippen molar-refractivity contribution in [2.24, 2.45) is 0 Å². The summed E-state index contributed by atoms with van der Waals surface area (Å²) in [5.74, 6) is -10.0. The van der Waals surface area contributed by atoms with Crippen LogP contribution in [0.5, 0.6) is 0 Å². The SMILES string of the molecule is Fc1[c-]c(F)c(F)c(F)c1F. The molecule has 0 aliphatic rings. The molecule has 0 nitrogen and oxygen atoms in total. The van der Waals surface area contributed by atoms with Gasteiger partial charge >= 0.3 is 0 Å². The highest BCUT2D eigenvalue weighted by atomic mass is 19.2. The van der Waals surface area contributed by atoms with Crippen LogP contribution in [-0.4, -0.2) is 0 Å². The van der Waals surface area contributed by atoms with Crippen molar-refractivity contribution < 1.29 is 22.0 Å². The molecule has 5 heteroatoms. The summed E-state index contributed by atoms with van der Waals surface area (Å²) in [5, 5.41) is 0. The highest BCUT2D eigenvalue weighted by Gasteiger charge is 2.07. The molecule has 0 heterocycles. The van der Waals surface area contributed by atoms with Gasteiger partial charge in [-0.15, -0.1) is 6.07 Å². The van der Waals surface area contributed by atoms with Crippen LogP contribution < -0.4 is 0 Å². The summed E-state index contributed by atoms with van der Waals surface area (Å²) >= 11 is 0. The van der Waals surface area contributed by atoms with Gasteiger partial charge in [-0.25, -0.2) is 13.2 Å². The summed E-state index contributed by atoms with van der Waals surface area (Å²) in [4.78, 5) is 0. The monoisotopic (exact) mass is 167 g/mol. The Hall–Kier alpha value is -1.13. The normalized spacial score (nSPS) is 10.3. The van der Waals surface area contributed by atoms with Gasteiger partial charge in [0.15, 0.2) is 0 Å². The first kappa shape index (κ1) is 7.97. The second-order valence-corrected chi connectivity index (χ2v) is 1.69. The molecule has 1 aromatic carbocycles. The Kier molecular flexibility index (Phi) is 1.80. The molecule has 0 aliphatic carbocycles. The lowest BCUT2D eigenvalue weighted by Gasteiger charge is -2.06. The quantitative estimate of drug-likeness (QED) is 0.240. The summed E-state index contributed by atoms with van der Waals surface area (Å²) < 4.78 is 59.9. The number of hydrogen-bond donors (Lipinski definition) is 0. The van der Waals surface area contributed by atoms with Gasteiger partial charge in [0, 0.05) is 0 Å². The van der Waals surface area contributed by atoms with Crippen molar-refractivity contribution in [3.63, 3.8) is 0 Å². The van der Waals surface area contributed by atoms with E-state index >= 15 is 0 Å². The molecule has 0 aliphatic heterocycles. The van der Waals surface area contributed by atoms with Crippen molar-refractivity contribution in [2.75, 3.05) is 0 Å². The molecule has 0 saturated carbocycles. The lowest BCUT2D eigenvalue weighted by molar-refractivity contribution is 0.377. The molecule has 1 rings (SSSR count). The van der Waals surface area contributed by atoms with Gasteiger partial charge in [-0.05, 0) is 0 Å². The Labute approximate surface area is 58.3 Å². The summed E-state index contributed by atoms with van der Waals surface area (Å²) in [5.41, 5.74) is 0. The second-order valence-electron chi connectivity index (χ2n) is 1.69. The lowest BCUT2D eigenvalue weighted by Crippen LogP contribution is -1.98. The van der Waals surface area contributed by atoms with E-state index in [1.54, 1.807) is 0 Å². The van der Waals surface area contributed by atoms with E-state index in [1.807, 2.05) is 0 Å². The van der Waals surface area contributed by atoms with Crippen molar-refractivity contribution in [1.82, 2.24) is 0 Å². The Morgan fingerprint density at radius 3 is 1.36 bits per heavy atom. The van der Waals surface area contributed by atoms with Gasteiger partial charge in [-0.1, -0.05) is 0 Å². The fourth-order valence-corrected chi connectivity index (χ4v) is 0.495. The van der Waals surface area contributed by atoms with Crippen molar-refractivity contribution in [3.8, 4) is 0 Å². The third-order valence-corrected chi connectivity index (χ3v) is 0.990. The molecule has 0 atom stereocenters. The van der Waals surface area contributed by atoms with Crippen LogP contribution in [0.3, 0.4) is 0 Å². The average Bonchev–Trinajstić information content (AvgIpc) is 1.97. The molecule has 1 aromatic rings. The lowest BCUT2D eigenvalue weighted by atomic mass is 10.3. The fourth-order valence-electron chi connectivity index (χ4n) is 0.495. The van der Waals surface area contributed by atoms with E-state index in [0.717, 1.165) is 6.07 Å². The molecule has 60 valence electrons. The van der Waals surface area contributed by atoms with E-state index < -0.39 is 29.1 Å². The van der Waals surface area contributed by atoms with Crippen molar-refractivity contribution in [1.29, 1.82) is 0 Å². The van der Waals surface area contributed by atoms with Gasteiger partial charge < -0.3 is 0 Å². The van der Waals surface area contributed by atoms with Crippen LogP contribution in [0.15, 0.2) is 0 Å². The summed E-state index contributed by atoms with van der Waals surface area (Å²) in [7, 11) is 0. The smallest absolute Gasteiger partial charge is 0.0893 e. The van der Waals surface area contributed by atoms with Gasteiger partial charge in [0.05, 0.1) is 29.1 Å². The molecular weight excluding hydrogens is 167 g/mol. The topological polar surface area (TPSA) is 0 Å². The van der Waals surface area contributed by atoms with E-state index in [4.69, 9.17) is 0 Å². The Morgan fingerprint density at radius 1 is 0.636 bits per heavy atom. The molecule has 0 unspecified atom stereocenters. The highest BCUT2D eigenvalue weighted by molar-refractivity contribution is 5.11. The molecule has 0 saturated heterocycles. The van der Waals surface area contributed by atoms with Gasteiger partial charge in [0.2, 0.25) is 0 Å². The third-order valence-electron chi connectivity index (χ3n) is 0.990. The first-order valence-corrected chi connectivity index (χ1v) is 2.44. The first-order valence-electron chi connectivity index (χ1n) is 2.44. The van der Waals surface area contributed by atoms with E-state index in [2.05, 4.69) is 0 Å². The molecule has 0 radical (unpaired) electrons. The van der Waals surface area contributed by atoms with E-state index in [1.165, 1.54) is 0 Å². The van der Waals surface area contributed by atoms with Crippen LogP contribution in [0.2, 0.25) is 0 Å². The van der Waals surface area contributed by atoms with E-state index in [0.29, 0.717) is 0 Å². The minimum absolute atomic E-state index is 1.02. The van der Waals surface area contributed by atoms with Crippen LogP contribution >= 0.6 is 0 Å². The predicted molar refractivity (Wildman–Crippen MR) is 25.1 cm³/mol. The zero-order valence-electron chi connectivity index (χ0n) is 4.89. The van der Waals surface area contributed by atoms with Gasteiger partial charge in [-0.3, -0.25) is 8.78 Å². The highest BCUT2D eigenvalue weighted by Crippen LogP contribution is 2.16. The molecule has 0 amide bonds. The molecule has 11 heavy (non-hydrogen) atoms. The Balaban J connectivity index is 3.46. The number of benzene rings is 1. The van der Waals surface area contributed by atoms with Gasteiger partial charge in [0.1, 0.15) is 0 Å². The molecule has 0 aromatic heterocycles. The Morgan fingerprint density at radius 2 is 1.00 bits per heavy atom. The van der Waals surface area contributed by atoms with Gasteiger partial charge in [-0.2, -0.15) is 0 Å². The summed E-state index contributed by atoms with van der Waals surface area (Å²) in [6, 6.07) is 1.02. The third kappa shape index (κ3) is 1.18. The van der Waals surface area contributed by atoms with Crippen LogP contribution in [0.25, 0.3) is 0 Å². The standard InChI is InChI=1S/C6F5/c7-2-1-3(8)5(10)6(11)4(2)9/q-1. The maximum absolute atomic E-state index is 12.0. The maximum Gasteiger partial charge on any atom is 0.0893 e. The number of hydrogen-bond acceptors (Lipinski definition) is 0. The summed E-state index contributed by atoms with van der Waals surface area (Å²) in [6.45, 7) is 0. The first-order chi connectivity index (χ1) is 5.04. The van der Waals surface area contributed by atoms with Crippen LogP contribution in [0.4, 0.5) is 22.0 Å². The van der Waals surface area contributed by atoms with Gasteiger partial charge in [0.25, 0.3) is 0 Å². The molecule has 0 fully saturated rings. The van der Waals surface area contributed by atoms with Crippen LogP contribution in [0.1, 0.15) is 0 Å². The largest absolute Gasteiger partial charge is 0.278 e. The average molecular weight is 167 g/mol. The number of rotatable bonds is 0. The van der Waals surface area contributed by atoms with Crippen molar-refractivity contribution in [2.45, 2.75) is 0 Å². The fraction of sp³-hybridized carbons (Fsp3) is 0. The molecule has 0 spiro atoms. The minimum atomic E-state index is -2.17. The summed E-state index contributed by atoms with van der Waals surface area (Å²) in [6.07, 6.45) is 0. The second kappa shape index (κ2) is 2.48.